The Bertz CT molecular complexity index is 344. The van der Waals surface area contributed by atoms with Crippen molar-refractivity contribution in [3.05, 3.63) is 46.6 Å². The molecule has 1 rings (SSSR count). The van der Waals surface area contributed by atoms with Gasteiger partial charge in [-0.1, -0.05) is 15.9 Å². The van der Waals surface area contributed by atoms with Crippen LogP contribution in [0.4, 0.5) is 0 Å². The third kappa shape index (κ3) is 3.32. The Morgan fingerprint density at radius 2 is 2.00 bits per heavy atom. The summed E-state index contributed by atoms with van der Waals surface area (Å²) < 4.78 is 0.928. The molecule has 0 aromatic heterocycles. The van der Waals surface area contributed by atoms with Crippen molar-refractivity contribution in [2.45, 2.75) is 0 Å². The molecule has 0 heterocycles. The normalized spacial score (nSPS) is 10.5. The van der Waals surface area contributed by atoms with Crippen LogP contribution < -0.4 is 0 Å². The van der Waals surface area contributed by atoms with Gasteiger partial charge in [0.2, 0.25) is 0 Å². The van der Waals surface area contributed by atoms with Gasteiger partial charge in [-0.05, 0) is 24.3 Å². The van der Waals surface area contributed by atoms with Crippen molar-refractivity contribution in [3.8, 4) is 0 Å². The fraction of sp³-hybridized carbons (Fsp3) is 0.100. The van der Waals surface area contributed by atoms with E-state index in [9.17, 15) is 4.79 Å². The molecule has 0 aliphatic carbocycles. The fourth-order valence-corrected chi connectivity index (χ4v) is 1.15. The number of nitrogens with zero attached hydrogens (tertiary/aromatic N) is 1. The zero-order chi connectivity index (χ0) is 10.6. The van der Waals surface area contributed by atoms with Crippen LogP contribution >= 0.6 is 15.9 Å². The van der Waals surface area contributed by atoms with E-state index in [0.29, 0.717) is 5.56 Å². The predicted molar refractivity (Wildman–Crippen MR) is 57.2 cm³/mol. The summed E-state index contributed by atoms with van der Waals surface area (Å²) in [6.45, 7) is 0. The maximum atomic E-state index is 11.4. The van der Waals surface area contributed by atoms with Gasteiger partial charge < -0.3 is 0 Å². The van der Waals surface area contributed by atoms with Crippen molar-refractivity contribution < 1.29 is 10.0 Å². The van der Waals surface area contributed by atoms with E-state index < -0.39 is 0 Å². The topological polar surface area (TPSA) is 40.5 Å². The Kier molecular flexibility index (Phi) is 3.85. The van der Waals surface area contributed by atoms with Gasteiger partial charge in [0.15, 0.2) is 5.78 Å². The standard InChI is InChI=1S/C10H10BrNO2/c1-12(14)7-6-10(13)8-2-4-9(11)5-3-8/h2-7,14H,1H3. The van der Waals surface area contributed by atoms with Crippen LogP contribution in [0.2, 0.25) is 0 Å². The molecule has 0 saturated carbocycles. The number of carbonyl (C=O) groups is 1. The summed E-state index contributed by atoms with van der Waals surface area (Å²) in [5, 5.41) is 9.61. The van der Waals surface area contributed by atoms with Gasteiger partial charge in [-0.25, -0.2) is 0 Å². The Morgan fingerprint density at radius 3 is 2.50 bits per heavy atom. The van der Waals surface area contributed by atoms with E-state index in [4.69, 9.17) is 5.21 Å². The zero-order valence-electron chi connectivity index (χ0n) is 7.64. The second-order valence-electron chi connectivity index (χ2n) is 2.76. The molecule has 0 unspecified atom stereocenters. The van der Waals surface area contributed by atoms with E-state index >= 15 is 0 Å². The first-order chi connectivity index (χ1) is 6.59. The van der Waals surface area contributed by atoms with E-state index in [0.717, 1.165) is 9.54 Å². The van der Waals surface area contributed by atoms with Gasteiger partial charge in [0, 0.05) is 29.4 Å². The van der Waals surface area contributed by atoms with Gasteiger partial charge in [-0.2, -0.15) is 0 Å². The van der Waals surface area contributed by atoms with Crippen LogP contribution in [0.1, 0.15) is 10.4 Å². The highest BCUT2D eigenvalue weighted by Gasteiger charge is 2.00. The van der Waals surface area contributed by atoms with Crippen LogP contribution in [0.25, 0.3) is 0 Å². The third-order valence-electron chi connectivity index (χ3n) is 1.57. The lowest BCUT2D eigenvalue weighted by atomic mass is 10.1. The summed E-state index contributed by atoms with van der Waals surface area (Å²) >= 11 is 3.28. The highest BCUT2D eigenvalue weighted by Crippen LogP contribution is 2.11. The fourth-order valence-electron chi connectivity index (χ4n) is 0.886. The molecule has 0 spiro atoms. The monoisotopic (exact) mass is 255 g/mol. The number of allylic oxidation sites excluding steroid dienone is 1. The van der Waals surface area contributed by atoms with Gasteiger partial charge in [0.05, 0.1) is 0 Å². The number of hydroxylamine groups is 2. The Morgan fingerprint density at radius 1 is 1.43 bits per heavy atom. The molecule has 4 heteroatoms. The second kappa shape index (κ2) is 4.93. The molecular weight excluding hydrogens is 246 g/mol. The molecule has 14 heavy (non-hydrogen) atoms. The van der Waals surface area contributed by atoms with E-state index in [1.807, 2.05) is 0 Å². The molecule has 0 radical (unpaired) electrons. The molecule has 1 aromatic carbocycles. The molecule has 0 bridgehead atoms. The largest absolute Gasteiger partial charge is 0.289 e. The number of halogens is 1. The summed E-state index contributed by atoms with van der Waals surface area (Å²) in [5.41, 5.74) is 0.589. The number of ketones is 1. The molecule has 0 aliphatic rings. The molecule has 0 aliphatic heterocycles. The van der Waals surface area contributed by atoms with Gasteiger partial charge in [0.1, 0.15) is 0 Å². The molecule has 0 atom stereocenters. The lowest BCUT2D eigenvalue weighted by Gasteiger charge is -2.00. The summed E-state index contributed by atoms with van der Waals surface area (Å²) in [6, 6.07) is 7.02. The van der Waals surface area contributed by atoms with Crippen molar-refractivity contribution in [1.29, 1.82) is 0 Å². The van der Waals surface area contributed by atoms with Crippen LogP contribution in [0, 0.1) is 0 Å². The maximum Gasteiger partial charge on any atom is 0.187 e. The Labute approximate surface area is 90.7 Å². The number of benzene rings is 1. The average Bonchev–Trinajstić information content (AvgIpc) is 2.15. The number of rotatable bonds is 3. The third-order valence-corrected chi connectivity index (χ3v) is 2.10. The SMILES string of the molecule is CN(O)C=CC(=O)c1ccc(Br)cc1. The molecule has 3 nitrogen and oxygen atoms in total. The van der Waals surface area contributed by atoms with E-state index in [2.05, 4.69) is 15.9 Å². The quantitative estimate of drug-likeness (QED) is 0.513. The van der Waals surface area contributed by atoms with Crippen LogP contribution in [-0.4, -0.2) is 23.1 Å². The number of carbonyl (C=O) groups excluding carboxylic acids is 1. The van der Waals surface area contributed by atoms with Gasteiger partial charge in [-0.3, -0.25) is 15.1 Å². The Hall–Kier alpha value is -1.13. The molecular formula is C10H10BrNO2. The summed E-state index contributed by atoms with van der Waals surface area (Å²) in [4.78, 5) is 11.4. The van der Waals surface area contributed by atoms with Crippen molar-refractivity contribution in [1.82, 2.24) is 5.06 Å². The van der Waals surface area contributed by atoms with Gasteiger partial charge in [-0.15, -0.1) is 0 Å². The molecule has 74 valence electrons. The average molecular weight is 256 g/mol. The highest BCUT2D eigenvalue weighted by molar-refractivity contribution is 9.10. The first-order valence-corrected chi connectivity index (χ1v) is 4.78. The molecule has 1 aromatic rings. The predicted octanol–water partition coefficient (Wildman–Crippen LogP) is 2.47. The summed E-state index contributed by atoms with van der Waals surface area (Å²) in [7, 11) is 1.44. The van der Waals surface area contributed by atoms with Crippen LogP contribution in [0.5, 0.6) is 0 Å². The van der Waals surface area contributed by atoms with Gasteiger partial charge >= 0.3 is 0 Å². The Balaban J connectivity index is 2.75. The molecule has 1 N–H and O–H groups in total. The lowest BCUT2D eigenvalue weighted by molar-refractivity contribution is -0.0130. The van der Waals surface area contributed by atoms with Crippen molar-refractivity contribution in [2.24, 2.45) is 0 Å². The second-order valence-corrected chi connectivity index (χ2v) is 3.68. The maximum absolute atomic E-state index is 11.4. The van der Waals surface area contributed by atoms with E-state index in [1.54, 1.807) is 24.3 Å². The number of hydrogen-bond donors (Lipinski definition) is 1. The van der Waals surface area contributed by atoms with Crippen molar-refractivity contribution in [3.63, 3.8) is 0 Å². The summed E-state index contributed by atoms with van der Waals surface area (Å²) in [5.74, 6) is -0.140. The van der Waals surface area contributed by atoms with Gasteiger partial charge in [0.25, 0.3) is 0 Å². The smallest absolute Gasteiger partial charge is 0.187 e. The summed E-state index contributed by atoms with van der Waals surface area (Å²) in [6.07, 6.45) is 2.60. The van der Waals surface area contributed by atoms with Crippen molar-refractivity contribution >= 4 is 21.7 Å². The van der Waals surface area contributed by atoms with Crippen molar-refractivity contribution in [2.75, 3.05) is 7.05 Å². The molecule has 0 amide bonds. The van der Waals surface area contributed by atoms with Crippen LogP contribution in [0.3, 0.4) is 0 Å². The van der Waals surface area contributed by atoms with Crippen LogP contribution in [-0.2, 0) is 0 Å². The highest BCUT2D eigenvalue weighted by atomic mass is 79.9. The number of hydrogen-bond acceptors (Lipinski definition) is 3. The first kappa shape index (κ1) is 10.9. The van der Waals surface area contributed by atoms with Crippen LogP contribution in [0.15, 0.2) is 41.0 Å². The first-order valence-electron chi connectivity index (χ1n) is 3.99. The van der Waals surface area contributed by atoms with E-state index in [-0.39, 0.29) is 5.78 Å². The van der Waals surface area contributed by atoms with E-state index in [1.165, 1.54) is 19.3 Å². The minimum Gasteiger partial charge on any atom is -0.289 e. The minimum absolute atomic E-state index is 0.140. The lowest BCUT2D eigenvalue weighted by Crippen LogP contribution is -2.03. The molecule has 0 saturated heterocycles. The molecule has 0 fully saturated rings. The zero-order valence-corrected chi connectivity index (χ0v) is 9.23. The minimum atomic E-state index is -0.140.